The third kappa shape index (κ3) is 3.33. The van der Waals surface area contributed by atoms with Gasteiger partial charge in [0.15, 0.2) is 0 Å². The maximum absolute atomic E-state index is 12.1. The van der Waals surface area contributed by atoms with Crippen LogP contribution in [0.15, 0.2) is 44.3 Å². The first-order chi connectivity index (χ1) is 11.9. The minimum Gasteiger partial charge on any atom is -0.492 e. The monoisotopic (exact) mass is 359 g/mol. The number of para-hydroxylation sites is 1. The van der Waals surface area contributed by atoms with Crippen LogP contribution < -0.4 is 16.1 Å². The molecule has 0 saturated carbocycles. The van der Waals surface area contributed by atoms with Gasteiger partial charge in [-0.1, -0.05) is 23.7 Å². The highest BCUT2D eigenvalue weighted by Crippen LogP contribution is 2.25. The highest BCUT2D eigenvalue weighted by atomic mass is 35.5. The average molecular weight is 360 g/mol. The molecule has 0 spiro atoms. The van der Waals surface area contributed by atoms with Crippen molar-refractivity contribution in [2.45, 2.75) is 27.3 Å². The second-order valence-corrected chi connectivity index (χ2v) is 6.38. The zero-order chi connectivity index (χ0) is 18.1. The Balaban J connectivity index is 1.90. The van der Waals surface area contributed by atoms with E-state index in [2.05, 4.69) is 0 Å². The summed E-state index contributed by atoms with van der Waals surface area (Å²) in [5.74, 6) is 0.00438. The van der Waals surface area contributed by atoms with E-state index in [0.717, 1.165) is 21.7 Å². The molecule has 1 heterocycles. The molecule has 2 aromatic carbocycles. The molecule has 0 unspecified atom stereocenters. The molecular weight excluding hydrogens is 342 g/mol. The van der Waals surface area contributed by atoms with Crippen LogP contribution in [0.25, 0.3) is 10.9 Å². The highest BCUT2D eigenvalue weighted by molar-refractivity contribution is 6.32. The second-order valence-electron chi connectivity index (χ2n) is 6.00. The molecule has 0 saturated heterocycles. The summed E-state index contributed by atoms with van der Waals surface area (Å²) in [6, 6.07) is 8.97. The summed E-state index contributed by atoms with van der Waals surface area (Å²) < 4.78 is 12.0. The fourth-order valence-electron chi connectivity index (χ4n) is 2.91. The van der Waals surface area contributed by atoms with E-state index >= 15 is 0 Å². The van der Waals surface area contributed by atoms with Crippen molar-refractivity contribution in [2.24, 2.45) is 0 Å². The molecule has 0 fully saturated rings. The number of benzene rings is 2. The molecule has 0 radical (unpaired) electrons. The lowest BCUT2D eigenvalue weighted by atomic mass is 10.1. The molecule has 0 aliphatic rings. The number of ether oxygens (including phenoxy) is 1. The van der Waals surface area contributed by atoms with Gasteiger partial charge in [-0.05, 0) is 55.7 Å². The minimum absolute atomic E-state index is 0.261. The number of fused-ring (bicyclic) bond motifs is 1. The Morgan fingerprint density at radius 1 is 1.08 bits per heavy atom. The number of aromatic nitrogens is 1. The molecule has 0 bridgehead atoms. The topological polar surface area (TPSA) is 61.4 Å². The third-order valence-corrected chi connectivity index (χ3v) is 4.72. The number of aryl methyl sites for hydroxylation is 3. The van der Waals surface area contributed by atoms with Crippen molar-refractivity contribution in [3.8, 4) is 5.75 Å². The van der Waals surface area contributed by atoms with E-state index in [1.807, 2.05) is 39.0 Å². The molecular formula is C19H18ClNO4. The third-order valence-electron chi connectivity index (χ3n) is 4.12. The summed E-state index contributed by atoms with van der Waals surface area (Å²) in [5, 5.41) is 1.10. The van der Waals surface area contributed by atoms with Crippen molar-refractivity contribution in [2.75, 3.05) is 6.61 Å². The summed E-state index contributed by atoms with van der Waals surface area (Å²) in [4.78, 5) is 24.0. The number of halogens is 1. The number of rotatable bonds is 4. The summed E-state index contributed by atoms with van der Waals surface area (Å²) in [5.41, 5.74) is 2.66. The molecule has 1 aromatic heterocycles. The quantitative estimate of drug-likeness (QED) is 0.714. The molecule has 0 aliphatic carbocycles. The maximum atomic E-state index is 12.1. The van der Waals surface area contributed by atoms with E-state index in [1.165, 1.54) is 4.57 Å². The fraction of sp³-hybridized carbons (Fsp3) is 0.263. The summed E-state index contributed by atoms with van der Waals surface area (Å²) in [6.45, 7) is 6.21. The van der Waals surface area contributed by atoms with Crippen LogP contribution in [0.4, 0.5) is 0 Å². The summed E-state index contributed by atoms with van der Waals surface area (Å²) in [6.07, 6.45) is 0. The van der Waals surface area contributed by atoms with Crippen molar-refractivity contribution in [3.05, 3.63) is 73.0 Å². The normalized spacial score (nSPS) is 11.0. The molecule has 3 aromatic rings. The van der Waals surface area contributed by atoms with Gasteiger partial charge in [0.1, 0.15) is 12.4 Å². The van der Waals surface area contributed by atoms with Crippen LogP contribution in [0.2, 0.25) is 5.02 Å². The van der Waals surface area contributed by atoms with Crippen LogP contribution >= 0.6 is 11.6 Å². The smallest absolute Gasteiger partial charge is 0.422 e. The van der Waals surface area contributed by atoms with Gasteiger partial charge in [-0.15, -0.1) is 0 Å². The van der Waals surface area contributed by atoms with Gasteiger partial charge in [0, 0.05) is 5.02 Å². The highest BCUT2D eigenvalue weighted by Gasteiger charge is 2.11. The van der Waals surface area contributed by atoms with Gasteiger partial charge in [-0.25, -0.2) is 9.59 Å². The predicted octanol–water partition coefficient (Wildman–Crippen LogP) is 3.61. The largest absolute Gasteiger partial charge is 0.492 e. The van der Waals surface area contributed by atoms with Gasteiger partial charge in [-0.3, -0.25) is 4.57 Å². The van der Waals surface area contributed by atoms with E-state index in [9.17, 15) is 9.59 Å². The van der Waals surface area contributed by atoms with E-state index in [1.54, 1.807) is 12.1 Å². The minimum atomic E-state index is -0.682. The first-order valence-electron chi connectivity index (χ1n) is 7.91. The summed E-state index contributed by atoms with van der Waals surface area (Å²) in [7, 11) is 0. The molecule has 25 heavy (non-hydrogen) atoms. The Morgan fingerprint density at radius 3 is 2.44 bits per heavy atom. The van der Waals surface area contributed by atoms with Crippen LogP contribution in [0, 0.1) is 20.8 Å². The molecule has 0 amide bonds. The molecule has 5 nitrogen and oxygen atoms in total. The Hall–Kier alpha value is -2.53. The van der Waals surface area contributed by atoms with Crippen molar-refractivity contribution in [1.29, 1.82) is 0 Å². The van der Waals surface area contributed by atoms with Crippen LogP contribution in [0.3, 0.4) is 0 Å². The number of hydrogen-bond acceptors (Lipinski definition) is 4. The van der Waals surface area contributed by atoms with Crippen molar-refractivity contribution >= 4 is 22.5 Å². The maximum Gasteiger partial charge on any atom is 0.422 e. The fourth-order valence-corrected chi connectivity index (χ4v) is 3.02. The number of nitrogens with zero attached hydrogens (tertiary/aromatic N) is 1. The molecule has 0 atom stereocenters. The molecule has 6 heteroatoms. The Morgan fingerprint density at radius 2 is 1.76 bits per heavy atom. The SMILES string of the molecule is Cc1cc(OCCn2c(=O)oc(=O)c3cccc(C)c32)cc(C)c1Cl. The van der Waals surface area contributed by atoms with E-state index in [4.69, 9.17) is 20.8 Å². The van der Waals surface area contributed by atoms with Crippen LogP contribution in [-0.4, -0.2) is 11.2 Å². The Labute approximate surface area is 149 Å². The summed E-state index contributed by atoms with van der Waals surface area (Å²) >= 11 is 6.15. The second kappa shape index (κ2) is 6.76. The predicted molar refractivity (Wildman–Crippen MR) is 97.9 cm³/mol. The van der Waals surface area contributed by atoms with Crippen LogP contribution in [0.1, 0.15) is 16.7 Å². The first-order valence-corrected chi connectivity index (χ1v) is 8.29. The first kappa shape index (κ1) is 17.3. The van der Waals surface area contributed by atoms with Gasteiger partial charge in [0.2, 0.25) is 0 Å². The lowest BCUT2D eigenvalue weighted by Gasteiger charge is -2.13. The van der Waals surface area contributed by atoms with Crippen molar-refractivity contribution in [1.82, 2.24) is 4.57 Å². The van der Waals surface area contributed by atoms with Crippen LogP contribution in [-0.2, 0) is 6.54 Å². The standard InChI is InChI=1S/C19H18ClNO4/c1-11-5-4-6-15-17(11)21(19(23)25-18(15)22)7-8-24-14-9-12(2)16(20)13(3)10-14/h4-6,9-10H,7-8H2,1-3H3. The zero-order valence-corrected chi connectivity index (χ0v) is 15.0. The van der Waals surface area contributed by atoms with Gasteiger partial charge < -0.3 is 9.15 Å². The molecule has 3 rings (SSSR count). The van der Waals surface area contributed by atoms with Gasteiger partial charge in [0.05, 0.1) is 17.4 Å². The zero-order valence-electron chi connectivity index (χ0n) is 14.3. The molecule has 0 aliphatic heterocycles. The Kier molecular flexibility index (Phi) is 4.68. The lowest BCUT2D eigenvalue weighted by Crippen LogP contribution is -2.27. The molecule has 0 N–H and O–H groups in total. The van der Waals surface area contributed by atoms with Gasteiger partial charge in [0.25, 0.3) is 0 Å². The molecule has 130 valence electrons. The van der Waals surface area contributed by atoms with E-state index in [-0.39, 0.29) is 13.2 Å². The van der Waals surface area contributed by atoms with Crippen molar-refractivity contribution < 1.29 is 9.15 Å². The lowest BCUT2D eigenvalue weighted by molar-refractivity contribution is 0.287. The number of hydrogen-bond donors (Lipinski definition) is 0. The van der Waals surface area contributed by atoms with Crippen molar-refractivity contribution in [3.63, 3.8) is 0 Å². The van der Waals surface area contributed by atoms with Crippen LogP contribution in [0.5, 0.6) is 5.75 Å². The van der Waals surface area contributed by atoms with Gasteiger partial charge in [-0.2, -0.15) is 0 Å². The van der Waals surface area contributed by atoms with Gasteiger partial charge >= 0.3 is 11.4 Å². The van der Waals surface area contributed by atoms with E-state index in [0.29, 0.717) is 16.7 Å². The van der Waals surface area contributed by atoms with E-state index < -0.39 is 11.4 Å². The Bertz CT molecular complexity index is 1040. The average Bonchev–Trinajstić information content (AvgIpc) is 2.56.